The van der Waals surface area contributed by atoms with E-state index in [1.54, 1.807) is 0 Å². The summed E-state index contributed by atoms with van der Waals surface area (Å²) < 4.78 is 8.97. The zero-order valence-corrected chi connectivity index (χ0v) is 31.9. The predicted molar refractivity (Wildman–Crippen MR) is 244 cm³/mol. The molecule has 3 aromatic heterocycles. The Morgan fingerprint density at radius 1 is 0.525 bits per heavy atom. The molecule has 1 aliphatic carbocycles. The van der Waals surface area contributed by atoms with Gasteiger partial charge in [-0.2, -0.15) is 0 Å². The monoisotopic (exact) mass is 754 g/mol. The van der Waals surface area contributed by atoms with Gasteiger partial charge in [0.05, 0.1) is 22.3 Å². The Morgan fingerprint density at radius 2 is 1.22 bits per heavy atom. The van der Waals surface area contributed by atoms with E-state index in [1.165, 1.54) is 27.1 Å². The molecule has 5 heteroatoms. The standard InChI is InChI=1S/C54H34N4O/c1-33-29-39(19-12-18-35-14-6-7-20-41(33)35)52-55-53(40-26-25-34-13-2-3-15-36(34)30-40)57-54(56-52)51-46(27-28-49-50(51)43-22-9-11-24-48(43)59-49)58-45-23-10-8-21-42(45)44-31-37-16-4-5-17-38(37)32-47(44)58/h2-17,19-32H,1,18H2/b19-12-,39-29+. The first kappa shape index (κ1) is 33.3. The summed E-state index contributed by atoms with van der Waals surface area (Å²) in [4.78, 5) is 16.2. The maximum atomic E-state index is 6.59. The summed E-state index contributed by atoms with van der Waals surface area (Å²) in [6.07, 6.45) is 7.19. The topological polar surface area (TPSA) is 56.7 Å². The van der Waals surface area contributed by atoms with Crippen LogP contribution in [0.5, 0.6) is 0 Å². The molecule has 0 amide bonds. The van der Waals surface area contributed by atoms with Crippen molar-refractivity contribution < 1.29 is 4.42 Å². The molecular formula is C54H34N4O. The van der Waals surface area contributed by atoms with Gasteiger partial charge in [-0.05, 0) is 93.2 Å². The van der Waals surface area contributed by atoms with Gasteiger partial charge < -0.3 is 8.98 Å². The fourth-order valence-electron chi connectivity index (χ4n) is 8.98. The summed E-state index contributed by atoms with van der Waals surface area (Å²) >= 11 is 0. The van der Waals surface area contributed by atoms with E-state index >= 15 is 0 Å². The molecule has 0 radical (unpaired) electrons. The molecule has 5 nitrogen and oxygen atoms in total. The first-order valence-corrected chi connectivity index (χ1v) is 19.9. The summed E-state index contributed by atoms with van der Waals surface area (Å²) in [5.74, 6) is 1.71. The van der Waals surface area contributed by atoms with Crippen molar-refractivity contribution >= 4 is 76.4 Å². The van der Waals surface area contributed by atoms with Gasteiger partial charge in [-0.25, -0.2) is 15.0 Å². The van der Waals surface area contributed by atoms with E-state index in [2.05, 4.69) is 181 Å². The smallest absolute Gasteiger partial charge is 0.166 e. The van der Waals surface area contributed by atoms with Crippen molar-refractivity contribution in [2.45, 2.75) is 6.42 Å². The first-order chi connectivity index (χ1) is 29.1. The molecule has 0 saturated carbocycles. The van der Waals surface area contributed by atoms with Crippen LogP contribution in [-0.4, -0.2) is 19.5 Å². The molecular weight excluding hydrogens is 721 g/mol. The number of hydrogen-bond donors (Lipinski definition) is 0. The van der Waals surface area contributed by atoms with Gasteiger partial charge in [-0.3, -0.25) is 0 Å². The molecule has 0 bridgehead atoms. The van der Waals surface area contributed by atoms with E-state index in [0.717, 1.165) is 83.7 Å². The Balaban J connectivity index is 1.20. The average Bonchev–Trinajstić information content (AvgIpc) is 3.82. The van der Waals surface area contributed by atoms with Crippen LogP contribution in [0, 0.1) is 0 Å². The third-order valence-electron chi connectivity index (χ3n) is 11.8. The van der Waals surface area contributed by atoms with Crippen molar-refractivity contribution in [2.24, 2.45) is 0 Å². The van der Waals surface area contributed by atoms with Gasteiger partial charge in [0, 0.05) is 32.7 Å². The molecule has 0 atom stereocenters. The predicted octanol–water partition coefficient (Wildman–Crippen LogP) is 13.7. The Morgan fingerprint density at radius 3 is 2.10 bits per heavy atom. The Kier molecular flexibility index (Phi) is 7.38. The minimum atomic E-state index is 0.555. The van der Waals surface area contributed by atoms with Crippen LogP contribution >= 0.6 is 0 Å². The van der Waals surface area contributed by atoms with Crippen molar-refractivity contribution in [3.8, 4) is 28.5 Å². The van der Waals surface area contributed by atoms with E-state index in [-0.39, 0.29) is 0 Å². The van der Waals surface area contributed by atoms with E-state index in [1.807, 2.05) is 12.1 Å². The summed E-state index contributed by atoms with van der Waals surface area (Å²) in [6.45, 7) is 4.53. The van der Waals surface area contributed by atoms with Crippen molar-refractivity contribution in [3.05, 3.63) is 206 Å². The van der Waals surface area contributed by atoms with Crippen LogP contribution in [-0.2, 0) is 6.42 Å². The van der Waals surface area contributed by atoms with Crippen LogP contribution in [0.3, 0.4) is 0 Å². The molecule has 8 aromatic carbocycles. The SMILES string of the molecule is C=C1/C=C(c2nc(-c3ccc4ccccc4c3)nc(-c3c(-n4c5ccccc5c5cc6ccccc6cc54)ccc4oc5ccccc5c34)n2)\C=C/Cc2ccccc21. The molecule has 3 heterocycles. The molecule has 11 aromatic rings. The van der Waals surface area contributed by atoms with Crippen LogP contribution < -0.4 is 0 Å². The molecule has 12 rings (SSSR count). The van der Waals surface area contributed by atoms with Gasteiger partial charge in [0.1, 0.15) is 11.2 Å². The average molecular weight is 755 g/mol. The first-order valence-electron chi connectivity index (χ1n) is 19.9. The Hall–Kier alpha value is -7.89. The van der Waals surface area contributed by atoms with E-state index in [9.17, 15) is 0 Å². The van der Waals surface area contributed by atoms with Crippen LogP contribution in [0.25, 0.3) is 105 Å². The van der Waals surface area contributed by atoms with Crippen molar-refractivity contribution in [1.82, 2.24) is 19.5 Å². The van der Waals surface area contributed by atoms with Crippen LogP contribution in [0.15, 0.2) is 193 Å². The summed E-state index contributed by atoms with van der Waals surface area (Å²) in [7, 11) is 0. The highest BCUT2D eigenvalue weighted by Crippen LogP contribution is 2.44. The van der Waals surface area contributed by atoms with Crippen molar-refractivity contribution in [1.29, 1.82) is 0 Å². The lowest BCUT2D eigenvalue weighted by Gasteiger charge is -2.17. The lowest BCUT2D eigenvalue weighted by molar-refractivity contribution is 0.669. The summed E-state index contributed by atoms with van der Waals surface area (Å²) in [6, 6.07) is 57.6. The number of aromatic nitrogens is 4. The zero-order chi connectivity index (χ0) is 39.0. The number of benzene rings is 8. The quantitative estimate of drug-likeness (QED) is 0.180. The van der Waals surface area contributed by atoms with Gasteiger partial charge in [0.2, 0.25) is 0 Å². The fraction of sp³-hybridized carbons (Fsp3) is 0.0185. The minimum Gasteiger partial charge on any atom is -0.456 e. The molecule has 1 aliphatic rings. The van der Waals surface area contributed by atoms with Gasteiger partial charge in [-0.15, -0.1) is 0 Å². The van der Waals surface area contributed by atoms with Crippen molar-refractivity contribution in [3.63, 3.8) is 0 Å². The second-order valence-electron chi connectivity index (χ2n) is 15.3. The van der Waals surface area contributed by atoms with Gasteiger partial charge in [0.15, 0.2) is 17.5 Å². The number of rotatable bonds is 4. The Bertz CT molecular complexity index is 3620. The van der Waals surface area contributed by atoms with Gasteiger partial charge in [-0.1, -0.05) is 140 Å². The van der Waals surface area contributed by atoms with E-state index in [4.69, 9.17) is 19.4 Å². The fourth-order valence-corrected chi connectivity index (χ4v) is 8.98. The van der Waals surface area contributed by atoms with Gasteiger partial charge >= 0.3 is 0 Å². The molecule has 0 unspecified atom stereocenters. The maximum absolute atomic E-state index is 6.59. The summed E-state index contributed by atoms with van der Waals surface area (Å²) in [5.41, 5.74) is 10.6. The third-order valence-corrected chi connectivity index (χ3v) is 11.8. The number of furan rings is 1. The number of nitrogens with zero attached hydrogens (tertiary/aromatic N) is 4. The second kappa shape index (κ2) is 13.1. The van der Waals surface area contributed by atoms with E-state index < -0.39 is 0 Å². The second-order valence-corrected chi connectivity index (χ2v) is 15.3. The zero-order valence-electron chi connectivity index (χ0n) is 31.9. The minimum absolute atomic E-state index is 0.555. The van der Waals surface area contributed by atoms with Crippen LogP contribution in [0.2, 0.25) is 0 Å². The van der Waals surface area contributed by atoms with Crippen LogP contribution in [0.1, 0.15) is 17.0 Å². The van der Waals surface area contributed by atoms with Gasteiger partial charge in [0.25, 0.3) is 0 Å². The highest BCUT2D eigenvalue weighted by molar-refractivity contribution is 6.17. The number of allylic oxidation sites excluding steroid dienone is 5. The lowest BCUT2D eigenvalue weighted by atomic mass is 9.94. The normalized spacial score (nSPS) is 14.5. The molecule has 0 spiro atoms. The van der Waals surface area contributed by atoms with Crippen molar-refractivity contribution in [2.75, 3.05) is 0 Å². The summed E-state index contributed by atoms with van der Waals surface area (Å²) in [5, 5.41) is 8.94. The molecule has 0 N–H and O–H groups in total. The third kappa shape index (κ3) is 5.36. The molecule has 0 fully saturated rings. The number of para-hydroxylation sites is 2. The van der Waals surface area contributed by atoms with E-state index in [0.29, 0.717) is 17.5 Å². The molecule has 0 saturated heterocycles. The number of fused-ring (bicyclic) bond motifs is 9. The lowest BCUT2D eigenvalue weighted by Crippen LogP contribution is -2.06. The highest BCUT2D eigenvalue weighted by atomic mass is 16.3. The largest absolute Gasteiger partial charge is 0.456 e. The Labute approximate surface area is 339 Å². The molecule has 59 heavy (non-hydrogen) atoms. The van der Waals surface area contributed by atoms with Crippen LogP contribution in [0.4, 0.5) is 0 Å². The molecule has 0 aliphatic heterocycles. The molecule has 276 valence electrons. The maximum Gasteiger partial charge on any atom is 0.166 e. The number of hydrogen-bond acceptors (Lipinski definition) is 4. The highest BCUT2D eigenvalue weighted by Gasteiger charge is 2.25.